The second-order valence-electron chi connectivity index (χ2n) is 4.52. The number of hydrogen-bond donors (Lipinski definition) is 1. The highest BCUT2D eigenvalue weighted by atomic mass is 32.2. The third-order valence-electron chi connectivity index (χ3n) is 3.73. The summed E-state index contributed by atoms with van der Waals surface area (Å²) in [5, 5.41) is 2.47. The molecule has 1 N–H and O–H groups in total. The molecule has 1 atom stereocenters. The number of nitrogens with one attached hydrogen (secondary N) is 1. The van der Waals surface area contributed by atoms with Crippen molar-refractivity contribution in [3.63, 3.8) is 0 Å². The molecule has 4 heteroatoms. The maximum absolute atomic E-state index is 11.8. The second kappa shape index (κ2) is 4.16. The molecule has 1 unspecified atom stereocenters. The number of piperidine rings is 1. The maximum Gasteiger partial charge on any atom is 0.230 e. The average molecular weight is 227 g/mol. The quantitative estimate of drug-likeness (QED) is 0.692. The first-order valence-corrected chi connectivity index (χ1v) is 6.75. The van der Waals surface area contributed by atoms with Gasteiger partial charge in [0.05, 0.1) is 0 Å². The Kier molecular flexibility index (Phi) is 3.05. The van der Waals surface area contributed by atoms with Gasteiger partial charge >= 0.3 is 0 Å². The van der Waals surface area contributed by atoms with Gasteiger partial charge < -0.3 is 0 Å². The number of hydrogen-bond acceptors (Lipinski definition) is 3. The molecule has 2 fully saturated rings. The van der Waals surface area contributed by atoms with Crippen LogP contribution in [-0.2, 0) is 9.59 Å². The van der Waals surface area contributed by atoms with E-state index in [-0.39, 0.29) is 23.1 Å². The molecular weight excluding hydrogens is 210 g/mol. The molecule has 0 radical (unpaired) electrons. The van der Waals surface area contributed by atoms with Crippen LogP contribution >= 0.6 is 11.8 Å². The molecule has 15 heavy (non-hydrogen) atoms. The molecule has 0 bridgehead atoms. The lowest BCUT2D eigenvalue weighted by Crippen LogP contribution is -2.53. The van der Waals surface area contributed by atoms with E-state index in [1.54, 1.807) is 0 Å². The summed E-state index contributed by atoms with van der Waals surface area (Å²) in [4.78, 5) is 23.2. The fourth-order valence-corrected chi connectivity index (χ4v) is 4.22. The second-order valence-corrected chi connectivity index (χ2v) is 5.75. The number of carbonyl (C=O) groups excluding carboxylic acids is 2. The summed E-state index contributed by atoms with van der Waals surface area (Å²) in [7, 11) is 0. The zero-order chi connectivity index (χ0) is 10.9. The van der Waals surface area contributed by atoms with E-state index in [1.165, 1.54) is 0 Å². The normalized spacial score (nSPS) is 30.3. The Morgan fingerprint density at radius 2 is 2.07 bits per heavy atom. The molecule has 3 nitrogen and oxygen atoms in total. The Labute approximate surface area is 94.4 Å². The Morgan fingerprint density at radius 1 is 1.40 bits per heavy atom. The van der Waals surface area contributed by atoms with Crippen LogP contribution in [0.15, 0.2) is 0 Å². The summed E-state index contributed by atoms with van der Waals surface area (Å²) < 4.78 is 0. The highest BCUT2D eigenvalue weighted by Crippen LogP contribution is 2.47. The van der Waals surface area contributed by atoms with Gasteiger partial charge in [-0.15, -0.1) is 0 Å². The van der Waals surface area contributed by atoms with E-state index in [0.29, 0.717) is 6.42 Å². The van der Waals surface area contributed by atoms with Gasteiger partial charge in [-0.25, -0.2) is 0 Å². The smallest absolute Gasteiger partial charge is 0.230 e. The third kappa shape index (κ3) is 1.92. The third-order valence-corrected chi connectivity index (χ3v) is 4.71. The van der Waals surface area contributed by atoms with Gasteiger partial charge in [0.2, 0.25) is 11.8 Å². The molecular formula is C11H17NO2S. The van der Waals surface area contributed by atoms with Gasteiger partial charge in [0.25, 0.3) is 0 Å². The Balaban J connectivity index is 2.24. The lowest BCUT2D eigenvalue weighted by molar-refractivity contribution is -0.144. The van der Waals surface area contributed by atoms with E-state index in [2.05, 4.69) is 5.32 Å². The fraction of sp³-hybridized carbons (Fsp3) is 0.818. The van der Waals surface area contributed by atoms with Crippen molar-refractivity contribution in [2.75, 3.05) is 11.5 Å². The molecule has 0 aromatic carbocycles. The van der Waals surface area contributed by atoms with Crippen molar-refractivity contribution in [3.8, 4) is 0 Å². The molecule has 0 aromatic rings. The molecule has 0 aliphatic carbocycles. The van der Waals surface area contributed by atoms with Crippen molar-refractivity contribution in [1.29, 1.82) is 0 Å². The molecule has 84 valence electrons. The van der Waals surface area contributed by atoms with E-state index in [9.17, 15) is 9.59 Å². The van der Waals surface area contributed by atoms with Crippen LogP contribution in [0, 0.1) is 11.3 Å². The Hall–Kier alpha value is -0.510. The molecule has 2 saturated heterocycles. The Morgan fingerprint density at radius 3 is 2.67 bits per heavy atom. The predicted octanol–water partition coefficient (Wildman–Crippen LogP) is 1.57. The van der Waals surface area contributed by atoms with Gasteiger partial charge in [-0.3, -0.25) is 14.9 Å². The van der Waals surface area contributed by atoms with Gasteiger partial charge in [-0.1, -0.05) is 6.92 Å². The van der Waals surface area contributed by atoms with Crippen LogP contribution in [0.5, 0.6) is 0 Å². The predicted molar refractivity (Wildman–Crippen MR) is 60.5 cm³/mol. The molecule has 1 spiro atoms. The zero-order valence-corrected chi connectivity index (χ0v) is 9.86. The van der Waals surface area contributed by atoms with Crippen LogP contribution in [0.25, 0.3) is 0 Å². The number of carbonyl (C=O) groups is 2. The van der Waals surface area contributed by atoms with E-state index in [1.807, 2.05) is 18.7 Å². The maximum atomic E-state index is 11.8. The van der Waals surface area contributed by atoms with Gasteiger partial charge in [0, 0.05) is 12.3 Å². The number of amides is 2. The first kappa shape index (κ1) is 11.0. The minimum absolute atomic E-state index is 0.0145. The molecule has 2 rings (SSSR count). The summed E-state index contributed by atoms with van der Waals surface area (Å²) >= 11 is 1.93. The number of imide groups is 1. The van der Waals surface area contributed by atoms with E-state index < -0.39 is 0 Å². The van der Waals surface area contributed by atoms with E-state index >= 15 is 0 Å². The van der Waals surface area contributed by atoms with Crippen molar-refractivity contribution in [1.82, 2.24) is 5.32 Å². The minimum atomic E-state index is -0.0726. The highest BCUT2D eigenvalue weighted by molar-refractivity contribution is 7.99. The van der Waals surface area contributed by atoms with Crippen LogP contribution in [0.3, 0.4) is 0 Å². The first-order valence-electron chi connectivity index (χ1n) is 5.59. The van der Waals surface area contributed by atoms with Crippen LogP contribution < -0.4 is 5.32 Å². The van der Waals surface area contributed by atoms with Crippen LogP contribution in [0.1, 0.15) is 32.6 Å². The van der Waals surface area contributed by atoms with Gasteiger partial charge in [0.1, 0.15) is 0 Å². The lowest BCUT2D eigenvalue weighted by atomic mass is 9.65. The van der Waals surface area contributed by atoms with Gasteiger partial charge in [0.15, 0.2) is 0 Å². The molecule has 2 aliphatic heterocycles. The van der Waals surface area contributed by atoms with Crippen molar-refractivity contribution < 1.29 is 9.59 Å². The average Bonchev–Trinajstić information content (AvgIpc) is 2.18. The minimum Gasteiger partial charge on any atom is -0.296 e. The van der Waals surface area contributed by atoms with Crippen LogP contribution in [0.4, 0.5) is 0 Å². The standard InChI is InChI=1S/C11H17NO2S/c1-2-8-10(14)12-9(13)7-11(8)3-5-15-6-4-11/h8H,2-7H2,1H3,(H,12,13,14). The zero-order valence-electron chi connectivity index (χ0n) is 9.04. The largest absolute Gasteiger partial charge is 0.296 e. The summed E-state index contributed by atoms with van der Waals surface area (Å²) in [5.74, 6) is 2.13. The summed E-state index contributed by atoms with van der Waals surface area (Å²) in [6.45, 7) is 2.05. The highest BCUT2D eigenvalue weighted by Gasteiger charge is 2.47. The summed E-state index contributed by atoms with van der Waals surface area (Å²) in [5.41, 5.74) is -0.0145. The van der Waals surface area contributed by atoms with Crippen molar-refractivity contribution in [2.45, 2.75) is 32.6 Å². The van der Waals surface area contributed by atoms with Crippen molar-refractivity contribution >= 4 is 23.6 Å². The number of thioether (sulfide) groups is 1. The molecule has 0 aromatic heterocycles. The SMILES string of the molecule is CCC1C(=O)NC(=O)CC12CCSCC2. The molecule has 2 heterocycles. The molecule has 0 saturated carbocycles. The van der Waals surface area contributed by atoms with E-state index in [0.717, 1.165) is 30.8 Å². The van der Waals surface area contributed by atoms with Crippen LogP contribution in [-0.4, -0.2) is 23.3 Å². The molecule has 2 amide bonds. The topological polar surface area (TPSA) is 46.2 Å². The summed E-state index contributed by atoms with van der Waals surface area (Å²) in [6, 6.07) is 0. The Bertz CT molecular complexity index is 284. The monoisotopic (exact) mass is 227 g/mol. The van der Waals surface area contributed by atoms with E-state index in [4.69, 9.17) is 0 Å². The van der Waals surface area contributed by atoms with Gasteiger partial charge in [-0.05, 0) is 36.2 Å². The van der Waals surface area contributed by atoms with Crippen molar-refractivity contribution in [2.24, 2.45) is 11.3 Å². The van der Waals surface area contributed by atoms with Gasteiger partial charge in [-0.2, -0.15) is 11.8 Å². The lowest BCUT2D eigenvalue weighted by Gasteiger charge is -2.44. The fourth-order valence-electron chi connectivity index (χ4n) is 2.91. The summed E-state index contributed by atoms with van der Waals surface area (Å²) in [6.07, 6.45) is 3.45. The number of rotatable bonds is 1. The van der Waals surface area contributed by atoms with Crippen molar-refractivity contribution in [3.05, 3.63) is 0 Å². The first-order chi connectivity index (χ1) is 7.18. The van der Waals surface area contributed by atoms with Crippen LogP contribution in [0.2, 0.25) is 0 Å². The molecule has 2 aliphatic rings.